The van der Waals surface area contributed by atoms with Gasteiger partial charge in [0.25, 0.3) is 5.91 Å². The largest absolute Gasteiger partial charge is 0.355 e. The number of rotatable bonds is 6. The summed E-state index contributed by atoms with van der Waals surface area (Å²) in [6, 6.07) is 5.49. The van der Waals surface area contributed by atoms with Crippen LogP contribution < -0.4 is 5.32 Å². The highest BCUT2D eigenvalue weighted by Crippen LogP contribution is 2.19. The van der Waals surface area contributed by atoms with Crippen molar-refractivity contribution in [1.29, 1.82) is 0 Å². The molecule has 0 aliphatic carbocycles. The molecule has 2 heterocycles. The number of amides is 2. The van der Waals surface area contributed by atoms with E-state index in [0.29, 0.717) is 36.4 Å². The van der Waals surface area contributed by atoms with Gasteiger partial charge < -0.3 is 14.8 Å². The van der Waals surface area contributed by atoms with Crippen LogP contribution in [0.15, 0.2) is 24.3 Å². The van der Waals surface area contributed by atoms with E-state index in [2.05, 4.69) is 15.5 Å². The van der Waals surface area contributed by atoms with Gasteiger partial charge in [-0.15, -0.1) is 0 Å². The minimum atomic E-state index is -0.378. The van der Waals surface area contributed by atoms with Crippen LogP contribution in [-0.4, -0.2) is 51.1 Å². The molecule has 0 bridgehead atoms. The number of halogens is 1. The van der Waals surface area contributed by atoms with Crippen LogP contribution in [0.2, 0.25) is 0 Å². The van der Waals surface area contributed by atoms with Crippen LogP contribution in [0.5, 0.6) is 0 Å². The third-order valence-electron chi connectivity index (χ3n) is 4.97. The van der Waals surface area contributed by atoms with E-state index in [4.69, 9.17) is 12.2 Å². The first kappa shape index (κ1) is 20.2. The quantitative estimate of drug-likeness (QED) is 0.723. The van der Waals surface area contributed by atoms with Gasteiger partial charge in [-0.1, -0.05) is 0 Å². The predicted octanol–water partition coefficient (Wildman–Crippen LogP) is 2.31. The lowest BCUT2D eigenvalue weighted by Crippen LogP contribution is -2.45. The summed E-state index contributed by atoms with van der Waals surface area (Å²) in [5, 5.41) is 9.89. The van der Waals surface area contributed by atoms with E-state index in [9.17, 15) is 14.0 Å². The Kier molecular flexibility index (Phi) is 6.56. The maximum atomic E-state index is 13.1. The van der Waals surface area contributed by atoms with E-state index in [-0.39, 0.29) is 23.5 Å². The zero-order valence-corrected chi connectivity index (χ0v) is 16.6. The molecule has 2 amide bonds. The summed E-state index contributed by atoms with van der Waals surface area (Å²) in [6.45, 7) is 4.14. The van der Waals surface area contributed by atoms with Gasteiger partial charge >= 0.3 is 0 Å². The molecule has 1 aliphatic rings. The fourth-order valence-corrected chi connectivity index (χ4v) is 3.74. The molecule has 150 valence electrons. The number of H-pyrrole nitrogens is 1. The summed E-state index contributed by atoms with van der Waals surface area (Å²) in [5.41, 5.74) is 0.435. The van der Waals surface area contributed by atoms with E-state index in [1.807, 2.05) is 11.5 Å². The molecular weight excluding hydrogens is 381 g/mol. The zero-order chi connectivity index (χ0) is 20.1. The van der Waals surface area contributed by atoms with Gasteiger partial charge in [-0.25, -0.2) is 4.39 Å². The number of nitrogens with one attached hydrogen (secondary N) is 2. The molecule has 0 radical (unpaired) electrons. The number of nitrogens with zero attached hydrogens (tertiary/aromatic N) is 3. The molecule has 1 unspecified atom stereocenters. The maximum absolute atomic E-state index is 13.1. The molecule has 3 rings (SSSR count). The van der Waals surface area contributed by atoms with Gasteiger partial charge in [0.05, 0.1) is 5.92 Å². The molecule has 1 fully saturated rings. The molecule has 1 atom stereocenters. The maximum Gasteiger partial charge on any atom is 0.253 e. The number of hydrogen-bond acceptors (Lipinski definition) is 4. The first-order chi connectivity index (χ1) is 13.5. The van der Waals surface area contributed by atoms with Crippen LogP contribution in [0, 0.1) is 16.5 Å². The number of hydrogen-bond donors (Lipinski definition) is 2. The van der Waals surface area contributed by atoms with Gasteiger partial charge in [-0.3, -0.25) is 14.7 Å². The Morgan fingerprint density at radius 1 is 1.36 bits per heavy atom. The Bertz CT molecular complexity index is 892. The van der Waals surface area contributed by atoms with Gasteiger partial charge in [-0.05, 0) is 56.2 Å². The molecular formula is C19H24FN5O2S. The normalized spacial score (nSPS) is 16.8. The van der Waals surface area contributed by atoms with Crippen molar-refractivity contribution in [3.63, 3.8) is 0 Å². The molecule has 1 aromatic carbocycles. The highest BCUT2D eigenvalue weighted by atomic mass is 32.1. The summed E-state index contributed by atoms with van der Waals surface area (Å²) < 4.78 is 15.5. The third kappa shape index (κ3) is 4.64. The van der Waals surface area contributed by atoms with Crippen LogP contribution in [0.3, 0.4) is 0 Å². The van der Waals surface area contributed by atoms with Crippen LogP contribution in [0.1, 0.15) is 35.9 Å². The number of aromatic nitrogens is 3. The highest BCUT2D eigenvalue weighted by Gasteiger charge is 2.28. The molecule has 0 spiro atoms. The van der Waals surface area contributed by atoms with Gasteiger partial charge in [0.1, 0.15) is 11.6 Å². The van der Waals surface area contributed by atoms with Crippen molar-refractivity contribution in [2.24, 2.45) is 5.92 Å². The average Bonchev–Trinajstić information content (AvgIpc) is 3.07. The average molecular weight is 405 g/mol. The van der Waals surface area contributed by atoms with E-state index < -0.39 is 0 Å². The number of aromatic amines is 1. The molecule has 2 aromatic rings. The Balaban J connectivity index is 1.53. The topological polar surface area (TPSA) is 83.0 Å². The summed E-state index contributed by atoms with van der Waals surface area (Å²) in [7, 11) is 0. The Hall–Kier alpha value is -2.55. The van der Waals surface area contributed by atoms with Crippen molar-refractivity contribution >= 4 is 24.0 Å². The molecule has 9 heteroatoms. The molecule has 2 N–H and O–H groups in total. The zero-order valence-electron chi connectivity index (χ0n) is 15.8. The van der Waals surface area contributed by atoms with Crippen LogP contribution in [0.4, 0.5) is 4.39 Å². The van der Waals surface area contributed by atoms with E-state index >= 15 is 0 Å². The van der Waals surface area contributed by atoms with Gasteiger partial charge in [0.15, 0.2) is 4.77 Å². The fourth-order valence-electron chi connectivity index (χ4n) is 3.46. The first-order valence-electron chi connectivity index (χ1n) is 9.46. The SMILES string of the molecule is CCn1c(CCNC(=O)C2CCCN(C(=O)c3ccc(F)cc3)C2)n[nH]c1=S. The van der Waals surface area contributed by atoms with Gasteiger partial charge in [0, 0.05) is 38.2 Å². The number of likely N-dealkylation sites (tertiary alicyclic amines) is 1. The van der Waals surface area contributed by atoms with E-state index in [1.54, 1.807) is 4.90 Å². The number of carbonyl (C=O) groups is 2. The summed E-state index contributed by atoms with van der Waals surface area (Å²) in [4.78, 5) is 26.8. The van der Waals surface area contributed by atoms with Gasteiger partial charge in [0.2, 0.25) is 5.91 Å². The van der Waals surface area contributed by atoms with Crippen LogP contribution in [-0.2, 0) is 17.8 Å². The molecule has 1 saturated heterocycles. The Labute approximate surface area is 167 Å². The second-order valence-corrected chi connectivity index (χ2v) is 7.21. The minimum absolute atomic E-state index is 0.0613. The summed E-state index contributed by atoms with van der Waals surface area (Å²) >= 11 is 5.16. The van der Waals surface area contributed by atoms with Crippen molar-refractivity contribution in [3.8, 4) is 0 Å². The van der Waals surface area contributed by atoms with E-state index in [1.165, 1.54) is 24.3 Å². The lowest BCUT2D eigenvalue weighted by atomic mass is 9.96. The minimum Gasteiger partial charge on any atom is -0.355 e. The standard InChI is InChI=1S/C19H24FN5O2S/c1-2-25-16(22-23-19(25)28)9-10-21-17(26)14-4-3-11-24(12-14)18(27)13-5-7-15(20)8-6-13/h5-8,14H,2-4,9-12H2,1H3,(H,21,26)(H,23,28). The smallest absolute Gasteiger partial charge is 0.253 e. The molecule has 28 heavy (non-hydrogen) atoms. The van der Waals surface area contributed by atoms with Crippen molar-refractivity contribution in [3.05, 3.63) is 46.2 Å². The van der Waals surface area contributed by atoms with Crippen molar-refractivity contribution in [2.45, 2.75) is 32.7 Å². The predicted molar refractivity (Wildman–Crippen MR) is 105 cm³/mol. The summed E-state index contributed by atoms with van der Waals surface area (Å²) in [5.74, 6) is -0.0450. The number of carbonyl (C=O) groups excluding carboxylic acids is 2. The first-order valence-corrected chi connectivity index (χ1v) is 9.87. The second-order valence-electron chi connectivity index (χ2n) is 6.83. The fraction of sp³-hybridized carbons (Fsp3) is 0.474. The molecule has 0 saturated carbocycles. The van der Waals surface area contributed by atoms with E-state index in [0.717, 1.165) is 25.2 Å². The van der Waals surface area contributed by atoms with Crippen LogP contribution in [0.25, 0.3) is 0 Å². The van der Waals surface area contributed by atoms with Crippen LogP contribution >= 0.6 is 12.2 Å². The second kappa shape index (κ2) is 9.09. The van der Waals surface area contributed by atoms with Crippen molar-refractivity contribution in [2.75, 3.05) is 19.6 Å². The molecule has 1 aliphatic heterocycles. The lowest BCUT2D eigenvalue weighted by molar-refractivity contribution is -0.126. The van der Waals surface area contributed by atoms with Crippen molar-refractivity contribution < 1.29 is 14.0 Å². The molecule has 1 aromatic heterocycles. The Morgan fingerprint density at radius 2 is 2.11 bits per heavy atom. The Morgan fingerprint density at radius 3 is 2.82 bits per heavy atom. The molecule has 7 nitrogen and oxygen atoms in total. The summed E-state index contributed by atoms with van der Waals surface area (Å²) in [6.07, 6.45) is 2.09. The highest BCUT2D eigenvalue weighted by molar-refractivity contribution is 7.71. The van der Waals surface area contributed by atoms with Crippen molar-refractivity contribution in [1.82, 2.24) is 25.0 Å². The number of benzene rings is 1. The number of piperidine rings is 1. The third-order valence-corrected chi connectivity index (χ3v) is 5.28. The van der Waals surface area contributed by atoms with Gasteiger partial charge in [-0.2, -0.15) is 5.10 Å². The lowest BCUT2D eigenvalue weighted by Gasteiger charge is -2.32. The monoisotopic (exact) mass is 405 g/mol.